The summed E-state index contributed by atoms with van der Waals surface area (Å²) in [6.07, 6.45) is -8.27. The summed E-state index contributed by atoms with van der Waals surface area (Å²) in [5.74, 6) is -17.2. The first-order valence-corrected chi connectivity index (χ1v) is 34.2. The smallest absolute Gasteiger partial charge is 0.248 e. The van der Waals surface area contributed by atoms with E-state index in [-0.39, 0.29) is 25.2 Å². The van der Waals surface area contributed by atoms with Crippen LogP contribution >= 0.6 is 0 Å². The van der Waals surface area contributed by atoms with Crippen LogP contribution in [0.3, 0.4) is 0 Å². The highest BCUT2D eigenvalue weighted by Crippen LogP contribution is 2.23. The molecule has 19 unspecified atom stereocenters. The maximum Gasteiger partial charge on any atom is 0.248 e. The minimum absolute atomic E-state index is 0.0942. The molecule has 33 heteroatoms. The van der Waals surface area contributed by atoms with Crippen LogP contribution < -0.4 is 58.9 Å². The van der Waals surface area contributed by atoms with Gasteiger partial charge in [0, 0.05) is 38.9 Å². The molecule has 2 heterocycles. The topological polar surface area (TPSA) is 516 Å². The number of hydrogen-bond donors (Lipinski definition) is 18. The molecule has 0 saturated carbocycles. The van der Waals surface area contributed by atoms with E-state index in [0.29, 0.717) is 12.8 Å². The van der Waals surface area contributed by atoms with Crippen molar-refractivity contribution in [3.63, 3.8) is 0 Å². The van der Waals surface area contributed by atoms with Gasteiger partial charge in [-0.05, 0) is 69.6 Å². The van der Waals surface area contributed by atoms with Crippen molar-refractivity contribution in [3.8, 4) is 0 Å². The summed E-state index contributed by atoms with van der Waals surface area (Å²) < 4.78 is 0. The molecule has 2 fully saturated rings. The van der Waals surface area contributed by atoms with Crippen LogP contribution in [0.5, 0.6) is 0 Å². The first kappa shape index (κ1) is 86.9. The van der Waals surface area contributed by atoms with Crippen molar-refractivity contribution in [1.29, 1.82) is 0 Å². The lowest BCUT2D eigenvalue weighted by Gasteiger charge is -2.36. The summed E-state index contributed by atoms with van der Waals surface area (Å²) in [5.41, 5.74) is 5.50. The fourth-order valence-corrected chi connectivity index (χ4v) is 11.4. The van der Waals surface area contributed by atoms with E-state index in [1.807, 2.05) is 6.92 Å². The van der Waals surface area contributed by atoms with Gasteiger partial charge >= 0.3 is 0 Å². The summed E-state index contributed by atoms with van der Waals surface area (Å²) >= 11 is 0. The Hall–Kier alpha value is -7.17. The number of primary amides is 1. The Bertz CT molecular complexity index is 2700. The third-order valence-electron chi connectivity index (χ3n) is 17.6. The number of nitrogens with one attached hydrogen (secondary N) is 10. The van der Waals surface area contributed by atoms with Gasteiger partial charge in [-0.3, -0.25) is 62.3 Å². The Kier molecular flexibility index (Phi) is 36.7. The van der Waals surface area contributed by atoms with E-state index in [4.69, 9.17) is 5.73 Å². The molecular weight excluding hydrogens is 1280 g/mol. The summed E-state index contributed by atoms with van der Waals surface area (Å²) in [5, 5.41) is 102. The lowest BCUT2D eigenvalue weighted by atomic mass is 9.94. The normalized spacial score (nSPS) is 28.7. The van der Waals surface area contributed by atoms with Gasteiger partial charge in [0.15, 0.2) is 0 Å². The van der Waals surface area contributed by atoms with Crippen LogP contribution in [0, 0.1) is 29.6 Å². The van der Waals surface area contributed by atoms with Crippen LogP contribution in [0.15, 0.2) is 0 Å². The van der Waals surface area contributed by atoms with Crippen molar-refractivity contribution >= 4 is 76.8 Å². The molecule has 0 aromatic carbocycles. The molecule has 0 spiro atoms. The zero-order valence-corrected chi connectivity index (χ0v) is 59.6. The van der Waals surface area contributed by atoms with E-state index in [9.17, 15) is 98.1 Å². The zero-order valence-electron chi connectivity index (χ0n) is 59.6. The summed E-state index contributed by atoms with van der Waals surface area (Å²) in [7, 11) is 1.13. The number of aliphatic hydroxyl groups is 7. The lowest BCUT2D eigenvalue weighted by molar-refractivity contribution is -0.147. The van der Waals surface area contributed by atoms with E-state index >= 15 is 0 Å². The Labute approximate surface area is 574 Å². The third-order valence-corrected chi connectivity index (χ3v) is 17.6. The molecule has 0 radical (unpaired) electrons. The molecule has 2 rings (SSSR count). The predicted octanol–water partition coefficient (Wildman–Crippen LogP) is -4.43. The number of amides is 13. The van der Waals surface area contributed by atoms with E-state index in [0.717, 1.165) is 43.0 Å². The summed E-state index contributed by atoms with van der Waals surface area (Å²) in [4.78, 5) is 187. The van der Waals surface area contributed by atoms with Crippen LogP contribution in [0.2, 0.25) is 0 Å². The fourth-order valence-electron chi connectivity index (χ4n) is 11.4. The summed E-state index contributed by atoms with van der Waals surface area (Å²) in [6, 6.07) is -20.1. The number of carbonyl (C=O) groups is 13. The molecule has 560 valence electrons. The average molecular weight is 1400 g/mol. The van der Waals surface area contributed by atoms with Crippen molar-refractivity contribution in [1.82, 2.24) is 63.0 Å². The number of nitrogens with two attached hydrogens (primary N) is 1. The molecule has 2 saturated heterocycles. The van der Waals surface area contributed by atoms with Gasteiger partial charge in [0.25, 0.3) is 0 Å². The number of carbonyl (C=O) groups excluding carboxylic acids is 13. The maximum absolute atomic E-state index is 14.7. The minimum Gasteiger partial charge on any atom is -0.394 e. The van der Waals surface area contributed by atoms with E-state index in [2.05, 4.69) is 53.2 Å². The molecule has 33 nitrogen and oxygen atoms in total. The van der Waals surface area contributed by atoms with Gasteiger partial charge in [-0.2, -0.15) is 0 Å². The Morgan fingerprint density at radius 1 is 0.541 bits per heavy atom. The molecule has 13 amide bonds. The largest absolute Gasteiger partial charge is 0.394 e. The Morgan fingerprint density at radius 2 is 1.03 bits per heavy atom. The molecular formula is C65H115N13O20. The van der Waals surface area contributed by atoms with Crippen LogP contribution in [0.4, 0.5) is 0 Å². The Morgan fingerprint density at radius 3 is 1.54 bits per heavy atom. The highest BCUT2D eigenvalue weighted by atomic mass is 16.3. The first-order valence-electron chi connectivity index (χ1n) is 34.2. The quantitative estimate of drug-likeness (QED) is 0.0455. The maximum atomic E-state index is 14.7. The highest BCUT2D eigenvalue weighted by molar-refractivity contribution is 6.00. The number of fused-ring (bicyclic) bond motifs is 1. The molecule has 19 N–H and O–H groups in total. The van der Waals surface area contributed by atoms with E-state index in [1.165, 1.54) is 48.5 Å². The second-order valence-corrected chi connectivity index (χ2v) is 27.7. The molecule has 2 aliphatic rings. The van der Waals surface area contributed by atoms with Crippen LogP contribution in [-0.2, 0) is 62.3 Å². The van der Waals surface area contributed by atoms with Crippen molar-refractivity contribution in [3.05, 3.63) is 0 Å². The highest BCUT2D eigenvalue weighted by Gasteiger charge is 2.47. The number of unbranched alkanes of at least 4 members (excludes halogenated alkanes) is 4. The average Bonchev–Trinajstić information content (AvgIpc) is 1.56. The van der Waals surface area contributed by atoms with Gasteiger partial charge in [-0.1, -0.05) is 115 Å². The molecule has 19 atom stereocenters. The fraction of sp³-hybridized carbons (Fsp3) is 0.800. The van der Waals surface area contributed by atoms with E-state index < -0.39 is 248 Å². The molecule has 98 heavy (non-hydrogen) atoms. The monoisotopic (exact) mass is 1400 g/mol. The SMILES string of the molecule is CCCCCCCC1CC(=O)NC(C(C)C)C(=O)NC(C(O)C(C)C)C(=O)NC(C)C(=O)NC(C(O)C(C)C)C(=O)NC(CCC(N)=O)C(=O)N(C)C(C(C)CC)C(=O)NC(C(O)CO)C(=O)NC(C(C)O)C(=O)N2CC(O)CC2C(=O)NC(CC(C)C)C(=O)NC(C(C)O)C(=O)N1. The number of hydrogen-bond acceptors (Lipinski definition) is 20. The van der Waals surface area contributed by atoms with Crippen molar-refractivity contribution in [2.75, 3.05) is 20.2 Å². The number of aliphatic hydroxyl groups excluding tert-OH is 7. The standard InChI is InChI=1S/C65H115N13O20/c1-16-18-19-20-21-22-38-26-45(85)71-46(31(5)6)58(91)76-50(53(86)32(7)8)61(94)67-35(12)55(88)75-51(54(87)33(9)10)62(95)69-40(23-24-44(66)84)64(97)77(15)52(34(11)17-2)63(96)74-49(43(83)29-79)60(93)73-48(37(14)81)65(98)78-28-39(82)27-42(78)57(90)70-41(25-30(3)4)56(89)72-47(36(13)80)59(92)68-38/h30-43,46-54,79-83,86-87H,16-29H2,1-15H3,(H2,66,84)(H,67,94)(H,68,92)(H,69,95)(H,70,90)(H,71,85)(H,72,89)(H,73,93)(H,74,96)(H,75,88)(H,76,91). The van der Waals surface area contributed by atoms with Crippen LogP contribution in [0.25, 0.3) is 0 Å². The second kappa shape index (κ2) is 41.4. The molecule has 0 aromatic rings. The van der Waals surface area contributed by atoms with Gasteiger partial charge in [-0.15, -0.1) is 0 Å². The lowest BCUT2D eigenvalue weighted by Crippen LogP contribution is -2.65. The summed E-state index contributed by atoms with van der Waals surface area (Å²) in [6.45, 7) is 19.5. The van der Waals surface area contributed by atoms with Crippen molar-refractivity contribution in [2.24, 2.45) is 35.3 Å². The zero-order chi connectivity index (χ0) is 74.9. The molecule has 2 aliphatic heterocycles. The van der Waals surface area contributed by atoms with Gasteiger partial charge in [0.2, 0.25) is 76.8 Å². The second-order valence-electron chi connectivity index (χ2n) is 27.7. The minimum atomic E-state index is -2.17. The van der Waals surface area contributed by atoms with Gasteiger partial charge in [-0.25, -0.2) is 0 Å². The number of likely N-dealkylation sites (N-methyl/N-ethyl adjacent to an activating group) is 1. The number of rotatable bonds is 22. The molecule has 0 bridgehead atoms. The predicted molar refractivity (Wildman–Crippen MR) is 356 cm³/mol. The van der Waals surface area contributed by atoms with Gasteiger partial charge in [0.1, 0.15) is 72.6 Å². The van der Waals surface area contributed by atoms with E-state index in [1.54, 1.807) is 34.6 Å². The van der Waals surface area contributed by atoms with Gasteiger partial charge < -0.3 is 104 Å². The van der Waals surface area contributed by atoms with Crippen LogP contribution in [0.1, 0.15) is 174 Å². The Balaban J connectivity index is 2.98. The van der Waals surface area contributed by atoms with Gasteiger partial charge in [0.05, 0.1) is 37.1 Å². The molecule has 0 aromatic heterocycles. The first-order chi connectivity index (χ1) is 45.6. The van der Waals surface area contributed by atoms with Crippen molar-refractivity contribution < 1.29 is 98.1 Å². The number of nitrogens with zero attached hydrogens (tertiary/aromatic N) is 2. The van der Waals surface area contributed by atoms with Crippen molar-refractivity contribution in [2.45, 2.75) is 283 Å². The third kappa shape index (κ3) is 26.5. The molecule has 0 aliphatic carbocycles. The van der Waals surface area contributed by atoms with Crippen LogP contribution in [-0.4, -0.2) is 252 Å².